The van der Waals surface area contributed by atoms with E-state index < -0.39 is 17.1 Å². The number of carboxylic acids is 1. The molecule has 3 amide bonds. The molecule has 0 bridgehead atoms. The van der Waals surface area contributed by atoms with Gasteiger partial charge in [-0.05, 0) is 82.0 Å². The van der Waals surface area contributed by atoms with E-state index >= 15 is 0 Å². The topological polar surface area (TPSA) is 113 Å². The first kappa shape index (κ1) is 27.7. The van der Waals surface area contributed by atoms with E-state index in [0.717, 1.165) is 47.9 Å². The molecule has 2 aromatic rings. The molecule has 9 nitrogen and oxygen atoms in total. The summed E-state index contributed by atoms with van der Waals surface area (Å²) in [5.41, 5.74) is 1.57. The lowest BCUT2D eigenvalue weighted by Gasteiger charge is -2.22. The molecular formula is C27H27BrN2O7S. The van der Waals surface area contributed by atoms with Gasteiger partial charge in [0.25, 0.3) is 11.1 Å². The first-order valence-electron chi connectivity index (χ1n) is 12.1. The lowest BCUT2D eigenvalue weighted by molar-refractivity contribution is -0.135. The number of carbonyl (C=O) groups excluding carboxylic acids is 3. The standard InChI is InChI=1S/C27H27BrN2O7S/c1-36-21-13-18(12-20(28)24(21)37-16-17-6-8-19(9-7-17)26(33)34)14-22-25(32)30(27(35)38-22)15-23(31)29-10-4-2-3-5-11-29/h6-9,12-14H,2-5,10-11,15-16H2,1H3,(H,33,34). The molecule has 0 saturated carbocycles. The van der Waals surface area contributed by atoms with E-state index in [2.05, 4.69) is 15.9 Å². The Labute approximate surface area is 232 Å². The van der Waals surface area contributed by atoms with Crippen molar-refractivity contribution in [3.63, 3.8) is 0 Å². The van der Waals surface area contributed by atoms with Crippen molar-refractivity contribution in [2.75, 3.05) is 26.7 Å². The van der Waals surface area contributed by atoms with Gasteiger partial charge in [0.15, 0.2) is 11.5 Å². The van der Waals surface area contributed by atoms with Crippen molar-refractivity contribution in [1.82, 2.24) is 9.80 Å². The number of aromatic carboxylic acids is 1. The minimum atomic E-state index is -1.00. The molecule has 0 atom stereocenters. The van der Waals surface area contributed by atoms with Crippen molar-refractivity contribution in [2.24, 2.45) is 0 Å². The van der Waals surface area contributed by atoms with E-state index in [9.17, 15) is 19.2 Å². The summed E-state index contributed by atoms with van der Waals surface area (Å²) < 4.78 is 12.0. The molecule has 2 saturated heterocycles. The number of imide groups is 1. The van der Waals surface area contributed by atoms with Crippen LogP contribution in [0.2, 0.25) is 0 Å². The molecule has 0 unspecified atom stereocenters. The van der Waals surface area contributed by atoms with Gasteiger partial charge in [0.1, 0.15) is 13.2 Å². The molecule has 2 fully saturated rings. The lowest BCUT2D eigenvalue weighted by atomic mass is 10.1. The highest BCUT2D eigenvalue weighted by atomic mass is 79.9. The van der Waals surface area contributed by atoms with Gasteiger partial charge in [-0.25, -0.2) is 4.79 Å². The minimum Gasteiger partial charge on any atom is -0.493 e. The zero-order chi connectivity index (χ0) is 27.2. The second-order valence-electron chi connectivity index (χ2n) is 8.89. The summed E-state index contributed by atoms with van der Waals surface area (Å²) in [5, 5.41) is 8.58. The first-order chi connectivity index (χ1) is 18.3. The van der Waals surface area contributed by atoms with Crippen molar-refractivity contribution >= 4 is 56.8 Å². The molecule has 2 heterocycles. The summed E-state index contributed by atoms with van der Waals surface area (Å²) >= 11 is 4.29. The van der Waals surface area contributed by atoms with Crippen molar-refractivity contribution in [3.05, 3.63) is 62.5 Å². The van der Waals surface area contributed by atoms with E-state index in [0.29, 0.717) is 34.6 Å². The second kappa shape index (κ2) is 12.5. The van der Waals surface area contributed by atoms with Gasteiger partial charge in [-0.15, -0.1) is 0 Å². The minimum absolute atomic E-state index is 0.179. The molecule has 0 aromatic heterocycles. The maximum atomic E-state index is 13.0. The summed E-state index contributed by atoms with van der Waals surface area (Å²) in [6.07, 6.45) is 5.61. The van der Waals surface area contributed by atoms with Crippen molar-refractivity contribution in [1.29, 1.82) is 0 Å². The molecule has 11 heteroatoms. The van der Waals surface area contributed by atoms with E-state index in [1.807, 2.05) is 0 Å². The third-order valence-corrected chi connectivity index (χ3v) is 7.76. The third kappa shape index (κ3) is 6.57. The number of halogens is 1. The Morgan fingerprint density at radius 3 is 2.39 bits per heavy atom. The zero-order valence-corrected chi connectivity index (χ0v) is 23.2. The number of nitrogens with zero attached hydrogens (tertiary/aromatic N) is 2. The van der Waals surface area contributed by atoms with Crippen molar-refractivity contribution in [3.8, 4) is 11.5 Å². The molecule has 2 aliphatic heterocycles. The van der Waals surface area contributed by atoms with Crippen LogP contribution >= 0.6 is 27.7 Å². The Bertz CT molecular complexity index is 1270. The van der Waals surface area contributed by atoms with E-state index in [1.165, 1.54) is 19.2 Å². The number of benzene rings is 2. The van der Waals surface area contributed by atoms with Crippen molar-refractivity contribution in [2.45, 2.75) is 32.3 Å². The summed E-state index contributed by atoms with van der Waals surface area (Å²) in [4.78, 5) is 52.3. The number of ether oxygens (including phenoxy) is 2. The summed E-state index contributed by atoms with van der Waals surface area (Å²) in [6.45, 7) is 1.23. The SMILES string of the molecule is COc1cc(C=C2SC(=O)N(CC(=O)N3CCCCCC3)C2=O)cc(Br)c1OCc1ccc(C(=O)O)cc1. The number of hydrogen-bond acceptors (Lipinski definition) is 7. The van der Waals surface area contributed by atoms with Crippen LogP contribution in [0, 0.1) is 0 Å². The fourth-order valence-corrected chi connectivity index (χ4v) is 5.62. The van der Waals surface area contributed by atoms with Gasteiger partial charge >= 0.3 is 5.97 Å². The number of likely N-dealkylation sites (tertiary alicyclic amines) is 1. The highest BCUT2D eigenvalue weighted by Gasteiger charge is 2.37. The van der Waals surface area contributed by atoms with Gasteiger partial charge in [0, 0.05) is 13.1 Å². The molecule has 0 spiro atoms. The van der Waals surface area contributed by atoms with Crippen LogP contribution < -0.4 is 9.47 Å². The average molecular weight is 603 g/mol. The van der Waals surface area contributed by atoms with Crippen LogP contribution in [0.4, 0.5) is 4.79 Å². The summed E-state index contributed by atoms with van der Waals surface area (Å²) in [6, 6.07) is 9.78. The van der Waals surface area contributed by atoms with Crippen LogP contribution in [0.1, 0.15) is 47.2 Å². The zero-order valence-electron chi connectivity index (χ0n) is 20.8. The van der Waals surface area contributed by atoms with Gasteiger partial charge in [-0.1, -0.05) is 25.0 Å². The largest absolute Gasteiger partial charge is 0.493 e. The predicted molar refractivity (Wildman–Crippen MR) is 146 cm³/mol. The van der Waals surface area contributed by atoms with E-state index in [1.54, 1.807) is 35.2 Å². The predicted octanol–water partition coefficient (Wildman–Crippen LogP) is 5.17. The molecule has 4 rings (SSSR count). The van der Waals surface area contributed by atoms with Crippen LogP contribution in [-0.4, -0.2) is 64.7 Å². The van der Waals surface area contributed by atoms with Crippen molar-refractivity contribution < 1.29 is 33.8 Å². The molecule has 2 aliphatic rings. The number of hydrogen-bond donors (Lipinski definition) is 1. The molecule has 1 N–H and O–H groups in total. The summed E-state index contributed by atoms with van der Waals surface area (Å²) in [7, 11) is 1.49. The van der Waals surface area contributed by atoms with E-state index in [-0.39, 0.29) is 29.5 Å². The highest BCUT2D eigenvalue weighted by Crippen LogP contribution is 2.39. The van der Waals surface area contributed by atoms with Gasteiger partial charge in [0.2, 0.25) is 5.91 Å². The molecule has 38 heavy (non-hydrogen) atoms. The maximum Gasteiger partial charge on any atom is 0.335 e. The number of amides is 3. The van der Waals surface area contributed by atoms with Gasteiger partial charge < -0.3 is 19.5 Å². The number of carboxylic acid groups (broad SMARTS) is 1. The maximum absolute atomic E-state index is 13.0. The Morgan fingerprint density at radius 1 is 1.08 bits per heavy atom. The van der Waals surface area contributed by atoms with E-state index in [4.69, 9.17) is 14.6 Å². The number of thioether (sulfide) groups is 1. The van der Waals surface area contributed by atoms with Gasteiger partial charge in [0.05, 0.1) is 22.1 Å². The Kier molecular flexibility index (Phi) is 9.11. The van der Waals surface area contributed by atoms with Crippen LogP contribution in [0.25, 0.3) is 6.08 Å². The first-order valence-corrected chi connectivity index (χ1v) is 13.7. The van der Waals surface area contributed by atoms with Gasteiger partial charge in [-0.3, -0.25) is 19.3 Å². The van der Waals surface area contributed by atoms with Crippen LogP contribution in [0.3, 0.4) is 0 Å². The summed E-state index contributed by atoms with van der Waals surface area (Å²) in [5.74, 6) is -0.867. The fourth-order valence-electron chi connectivity index (χ4n) is 4.21. The quantitative estimate of drug-likeness (QED) is 0.411. The monoisotopic (exact) mass is 602 g/mol. The fraction of sp³-hybridized carbons (Fsp3) is 0.333. The number of carbonyl (C=O) groups is 4. The van der Waals surface area contributed by atoms with Crippen LogP contribution in [0.15, 0.2) is 45.8 Å². The van der Waals surface area contributed by atoms with Crippen LogP contribution in [-0.2, 0) is 16.2 Å². The van der Waals surface area contributed by atoms with Crippen LogP contribution in [0.5, 0.6) is 11.5 Å². The highest BCUT2D eigenvalue weighted by molar-refractivity contribution is 9.10. The smallest absolute Gasteiger partial charge is 0.335 e. The lowest BCUT2D eigenvalue weighted by Crippen LogP contribution is -2.42. The molecule has 200 valence electrons. The molecule has 2 aromatic carbocycles. The Balaban J connectivity index is 1.46. The molecule has 0 aliphatic carbocycles. The number of methoxy groups -OCH3 is 1. The average Bonchev–Trinajstić information content (AvgIpc) is 3.08. The third-order valence-electron chi connectivity index (χ3n) is 6.26. The Hall–Kier alpha value is -3.31. The second-order valence-corrected chi connectivity index (χ2v) is 10.7. The normalized spacial score (nSPS) is 17.1. The Morgan fingerprint density at radius 2 is 1.76 bits per heavy atom. The van der Waals surface area contributed by atoms with Gasteiger partial charge in [-0.2, -0.15) is 0 Å². The number of rotatable bonds is 8. The molecule has 0 radical (unpaired) electrons. The molecular weight excluding hydrogens is 576 g/mol.